The van der Waals surface area contributed by atoms with Crippen LogP contribution in [0.2, 0.25) is 0 Å². The topological polar surface area (TPSA) is 35.4 Å². The van der Waals surface area contributed by atoms with Crippen LogP contribution in [0.25, 0.3) is 10.9 Å². The summed E-state index contributed by atoms with van der Waals surface area (Å²) in [5.41, 5.74) is 1.30. The molecule has 0 spiro atoms. The summed E-state index contributed by atoms with van der Waals surface area (Å²) in [5.74, 6) is 0. The van der Waals surface area contributed by atoms with E-state index in [1.807, 2.05) is 0 Å². The van der Waals surface area contributed by atoms with Gasteiger partial charge in [0, 0.05) is 32.5 Å². The van der Waals surface area contributed by atoms with Gasteiger partial charge in [0.25, 0.3) is 0 Å². The smallest absolute Gasteiger partial charge is 0.171 e. The molecule has 0 saturated heterocycles. The second-order valence-corrected chi connectivity index (χ2v) is 5.00. The Balaban J connectivity index is 1.79. The number of benzene rings is 1. The number of nitrogens with one attached hydrogen (secondary N) is 1. The van der Waals surface area contributed by atoms with E-state index in [2.05, 4.69) is 53.3 Å². The second kappa shape index (κ2) is 7.43. The molecule has 0 aliphatic rings. The van der Waals surface area contributed by atoms with Crippen molar-refractivity contribution < 1.29 is 9.47 Å². The van der Waals surface area contributed by atoms with E-state index in [-0.39, 0.29) is 12.3 Å². The number of nitrogens with zero attached hydrogens (tertiary/aromatic N) is 1. The van der Waals surface area contributed by atoms with Gasteiger partial charge in [0.1, 0.15) is 0 Å². The van der Waals surface area contributed by atoms with E-state index in [1.54, 1.807) is 14.2 Å². The van der Waals surface area contributed by atoms with Crippen molar-refractivity contribution in [2.24, 2.45) is 0 Å². The average molecular weight is 276 g/mol. The highest BCUT2D eigenvalue weighted by Gasteiger charge is 2.14. The van der Waals surface area contributed by atoms with Crippen LogP contribution in [0.1, 0.15) is 13.3 Å². The highest BCUT2D eigenvalue weighted by molar-refractivity contribution is 5.79. The van der Waals surface area contributed by atoms with Crippen LogP contribution in [0.5, 0.6) is 0 Å². The number of aromatic nitrogens is 1. The molecule has 1 aromatic carbocycles. The van der Waals surface area contributed by atoms with E-state index < -0.39 is 0 Å². The van der Waals surface area contributed by atoms with Crippen molar-refractivity contribution in [1.82, 2.24) is 9.88 Å². The molecule has 1 atom stereocenters. The van der Waals surface area contributed by atoms with Crippen LogP contribution in [-0.2, 0) is 16.0 Å². The number of hydrogen-bond donors (Lipinski definition) is 1. The van der Waals surface area contributed by atoms with E-state index in [9.17, 15) is 0 Å². The van der Waals surface area contributed by atoms with Crippen LogP contribution < -0.4 is 5.32 Å². The number of aryl methyl sites for hydroxylation is 1. The van der Waals surface area contributed by atoms with E-state index in [0.29, 0.717) is 0 Å². The van der Waals surface area contributed by atoms with Crippen molar-refractivity contribution in [3.05, 3.63) is 36.5 Å². The Kier molecular flexibility index (Phi) is 5.59. The molecule has 4 heteroatoms. The third kappa shape index (κ3) is 3.60. The maximum absolute atomic E-state index is 5.23. The minimum atomic E-state index is -0.192. The summed E-state index contributed by atoms with van der Waals surface area (Å²) in [6.07, 6.45) is 3.03. The molecule has 0 saturated carbocycles. The van der Waals surface area contributed by atoms with Crippen LogP contribution in [0, 0.1) is 0 Å². The summed E-state index contributed by atoms with van der Waals surface area (Å²) in [7, 11) is 3.33. The molecule has 0 bridgehead atoms. The molecule has 0 aliphatic carbocycles. The van der Waals surface area contributed by atoms with Gasteiger partial charge in [-0.1, -0.05) is 18.2 Å². The largest absolute Gasteiger partial charge is 0.354 e. The Morgan fingerprint density at radius 2 is 1.90 bits per heavy atom. The normalized spacial score (nSPS) is 13.2. The average Bonchev–Trinajstić information content (AvgIpc) is 2.88. The zero-order chi connectivity index (χ0) is 14.4. The zero-order valence-corrected chi connectivity index (χ0v) is 12.5. The Labute approximate surface area is 120 Å². The van der Waals surface area contributed by atoms with Crippen LogP contribution >= 0.6 is 0 Å². The summed E-state index contributed by atoms with van der Waals surface area (Å²) >= 11 is 0. The number of para-hydroxylation sites is 1. The first-order valence-corrected chi connectivity index (χ1v) is 7.09. The molecule has 110 valence electrons. The molecule has 20 heavy (non-hydrogen) atoms. The first-order chi connectivity index (χ1) is 9.76. The number of ether oxygens (including phenoxy) is 2. The molecule has 1 heterocycles. The lowest BCUT2D eigenvalue weighted by Gasteiger charge is -2.22. The molecule has 2 aromatic rings. The molecule has 4 nitrogen and oxygen atoms in total. The molecule has 0 amide bonds. The monoisotopic (exact) mass is 276 g/mol. The molecule has 0 radical (unpaired) electrons. The fourth-order valence-corrected chi connectivity index (χ4v) is 2.52. The predicted octanol–water partition coefficient (Wildman–Crippen LogP) is 2.63. The molecule has 1 aromatic heterocycles. The van der Waals surface area contributed by atoms with Crippen molar-refractivity contribution >= 4 is 10.9 Å². The maximum atomic E-state index is 5.23. The second-order valence-electron chi connectivity index (χ2n) is 5.00. The summed E-state index contributed by atoms with van der Waals surface area (Å²) < 4.78 is 12.8. The van der Waals surface area contributed by atoms with Gasteiger partial charge < -0.3 is 19.4 Å². The molecule has 1 N–H and O–H groups in total. The quantitative estimate of drug-likeness (QED) is 0.594. The summed E-state index contributed by atoms with van der Waals surface area (Å²) in [4.78, 5) is 0. The van der Waals surface area contributed by atoms with E-state index >= 15 is 0 Å². The van der Waals surface area contributed by atoms with E-state index in [0.717, 1.165) is 19.5 Å². The lowest BCUT2D eigenvalue weighted by molar-refractivity contribution is -0.119. The highest BCUT2D eigenvalue weighted by Crippen LogP contribution is 2.15. The lowest BCUT2D eigenvalue weighted by Crippen LogP contribution is -2.40. The minimum Gasteiger partial charge on any atom is -0.354 e. The Morgan fingerprint density at radius 3 is 2.65 bits per heavy atom. The van der Waals surface area contributed by atoms with Crippen molar-refractivity contribution in [2.45, 2.75) is 32.2 Å². The van der Waals surface area contributed by atoms with Gasteiger partial charge in [-0.3, -0.25) is 0 Å². The molecular formula is C16H24N2O2. The molecule has 2 rings (SSSR count). The Bertz CT molecular complexity index is 520. The SMILES string of the molecule is COC(OC)C(C)NCCCn1ccc2ccccc21. The van der Waals surface area contributed by atoms with Gasteiger partial charge in [-0.15, -0.1) is 0 Å². The zero-order valence-electron chi connectivity index (χ0n) is 12.5. The lowest BCUT2D eigenvalue weighted by atomic mass is 10.2. The molecule has 0 fully saturated rings. The van der Waals surface area contributed by atoms with Crippen molar-refractivity contribution in [3.8, 4) is 0 Å². The predicted molar refractivity (Wildman–Crippen MR) is 81.8 cm³/mol. The Hall–Kier alpha value is -1.36. The minimum absolute atomic E-state index is 0.186. The van der Waals surface area contributed by atoms with Crippen molar-refractivity contribution in [3.63, 3.8) is 0 Å². The summed E-state index contributed by atoms with van der Waals surface area (Å²) in [6.45, 7) is 4.03. The highest BCUT2D eigenvalue weighted by atomic mass is 16.7. The summed E-state index contributed by atoms with van der Waals surface area (Å²) in [6, 6.07) is 10.8. The van der Waals surface area contributed by atoms with Crippen molar-refractivity contribution in [2.75, 3.05) is 20.8 Å². The van der Waals surface area contributed by atoms with E-state index in [1.165, 1.54) is 10.9 Å². The first kappa shape index (κ1) is 15.0. The third-order valence-corrected chi connectivity index (χ3v) is 3.60. The van der Waals surface area contributed by atoms with Gasteiger partial charge in [-0.05, 0) is 37.4 Å². The number of methoxy groups -OCH3 is 2. The number of fused-ring (bicyclic) bond motifs is 1. The molecule has 1 unspecified atom stereocenters. The van der Waals surface area contributed by atoms with Crippen LogP contribution in [-0.4, -0.2) is 37.7 Å². The van der Waals surface area contributed by atoms with Gasteiger partial charge in [0.15, 0.2) is 6.29 Å². The fraction of sp³-hybridized carbons (Fsp3) is 0.500. The van der Waals surface area contributed by atoms with Crippen LogP contribution in [0.3, 0.4) is 0 Å². The molecule has 0 aliphatic heterocycles. The Morgan fingerprint density at radius 1 is 1.15 bits per heavy atom. The first-order valence-electron chi connectivity index (χ1n) is 7.09. The van der Waals surface area contributed by atoms with Crippen LogP contribution in [0.15, 0.2) is 36.5 Å². The summed E-state index contributed by atoms with van der Waals surface area (Å²) in [5, 5.41) is 4.73. The number of hydrogen-bond acceptors (Lipinski definition) is 3. The number of rotatable bonds is 8. The van der Waals surface area contributed by atoms with Crippen LogP contribution in [0.4, 0.5) is 0 Å². The van der Waals surface area contributed by atoms with Crippen molar-refractivity contribution in [1.29, 1.82) is 0 Å². The van der Waals surface area contributed by atoms with Gasteiger partial charge in [-0.25, -0.2) is 0 Å². The van der Waals surface area contributed by atoms with Gasteiger partial charge in [0.05, 0.1) is 6.04 Å². The van der Waals surface area contributed by atoms with Gasteiger partial charge >= 0.3 is 0 Å². The standard InChI is InChI=1S/C16H24N2O2/c1-13(16(19-2)20-3)17-10-6-11-18-12-9-14-7-4-5-8-15(14)18/h4-5,7-9,12-13,16-17H,6,10-11H2,1-3H3. The third-order valence-electron chi connectivity index (χ3n) is 3.60. The van der Waals surface area contributed by atoms with E-state index in [4.69, 9.17) is 9.47 Å². The van der Waals surface area contributed by atoms with Gasteiger partial charge in [-0.2, -0.15) is 0 Å². The maximum Gasteiger partial charge on any atom is 0.171 e. The molecular weight excluding hydrogens is 252 g/mol. The van der Waals surface area contributed by atoms with Gasteiger partial charge in [0.2, 0.25) is 0 Å². The fourth-order valence-electron chi connectivity index (χ4n) is 2.52.